The van der Waals surface area contributed by atoms with Crippen molar-refractivity contribution in [2.24, 2.45) is 0 Å². The predicted molar refractivity (Wildman–Crippen MR) is 57.3 cm³/mol. The summed E-state index contributed by atoms with van der Waals surface area (Å²) in [6, 6.07) is 2.13. The third-order valence-electron chi connectivity index (χ3n) is 2.28. The van der Waals surface area contributed by atoms with Gasteiger partial charge in [0, 0.05) is 11.0 Å². The quantitative estimate of drug-likeness (QED) is 0.551. The van der Waals surface area contributed by atoms with E-state index in [0.29, 0.717) is 6.61 Å². The van der Waals surface area contributed by atoms with Crippen LogP contribution in [-0.4, -0.2) is 12.6 Å². The van der Waals surface area contributed by atoms with Crippen LogP contribution in [0.4, 0.5) is 0 Å². The summed E-state index contributed by atoms with van der Waals surface area (Å²) in [7, 11) is 0. The Bertz CT molecular complexity index is 376. The molecule has 0 fully saturated rings. The van der Waals surface area contributed by atoms with Crippen molar-refractivity contribution in [2.45, 2.75) is 19.8 Å². The highest BCUT2D eigenvalue weighted by atomic mass is 32.1. The molecule has 0 N–H and O–H groups in total. The lowest BCUT2D eigenvalue weighted by Crippen LogP contribution is -1.99. The number of carbonyl (C=O) groups excluding carboxylic acids is 1. The van der Waals surface area contributed by atoms with Gasteiger partial charge >= 0.3 is 5.97 Å². The highest BCUT2D eigenvalue weighted by molar-refractivity contribution is 7.11. The highest BCUT2D eigenvalue weighted by Crippen LogP contribution is 2.36. The normalized spacial score (nSPS) is 17.1. The lowest BCUT2D eigenvalue weighted by atomic mass is 10.2. The molecule has 0 aliphatic heterocycles. The number of hydrogen-bond acceptors (Lipinski definition) is 3. The zero-order valence-electron chi connectivity index (χ0n) is 8.08. The number of allylic oxidation sites excluding steroid dienone is 1. The van der Waals surface area contributed by atoms with Crippen LogP contribution < -0.4 is 0 Å². The van der Waals surface area contributed by atoms with Gasteiger partial charge in [-0.3, -0.25) is 0 Å². The Hall–Kier alpha value is -1.09. The molecule has 1 heterocycles. The van der Waals surface area contributed by atoms with Crippen LogP contribution in [0.1, 0.15) is 23.8 Å². The van der Waals surface area contributed by atoms with Gasteiger partial charge in [-0.05, 0) is 42.3 Å². The first kappa shape index (κ1) is 9.46. The zero-order valence-corrected chi connectivity index (χ0v) is 8.89. The third-order valence-corrected chi connectivity index (χ3v) is 3.31. The van der Waals surface area contributed by atoms with E-state index in [9.17, 15) is 4.79 Å². The molecule has 2 rings (SSSR count). The molecular weight excluding hydrogens is 196 g/mol. The Labute approximate surface area is 87.2 Å². The van der Waals surface area contributed by atoms with Crippen LogP contribution in [0.25, 0.3) is 5.57 Å². The number of aryl methyl sites for hydroxylation is 1. The molecule has 1 aliphatic rings. The number of ether oxygens (including phenoxy) is 1. The van der Waals surface area contributed by atoms with Gasteiger partial charge in [0.25, 0.3) is 0 Å². The maximum atomic E-state index is 11.2. The van der Waals surface area contributed by atoms with Crippen LogP contribution in [0.5, 0.6) is 0 Å². The Kier molecular flexibility index (Phi) is 2.68. The first-order valence-corrected chi connectivity index (χ1v) is 5.63. The fourth-order valence-electron chi connectivity index (χ4n) is 1.66. The smallest absolute Gasteiger partial charge is 0.331 e. The molecule has 0 radical (unpaired) electrons. The molecule has 0 amide bonds. The van der Waals surface area contributed by atoms with Gasteiger partial charge in [-0.2, -0.15) is 0 Å². The lowest BCUT2D eigenvalue weighted by molar-refractivity contribution is -0.137. The summed E-state index contributed by atoms with van der Waals surface area (Å²) >= 11 is 1.70. The minimum atomic E-state index is -0.219. The van der Waals surface area contributed by atoms with E-state index in [2.05, 4.69) is 11.4 Å². The maximum Gasteiger partial charge on any atom is 0.331 e. The molecule has 2 nitrogen and oxygen atoms in total. The van der Waals surface area contributed by atoms with Crippen LogP contribution in [0, 0.1) is 0 Å². The first-order valence-electron chi connectivity index (χ1n) is 4.75. The van der Waals surface area contributed by atoms with Gasteiger partial charge in [-0.25, -0.2) is 4.79 Å². The fourth-order valence-corrected chi connectivity index (χ4v) is 2.66. The van der Waals surface area contributed by atoms with E-state index in [4.69, 9.17) is 4.74 Å². The summed E-state index contributed by atoms with van der Waals surface area (Å²) in [5, 5.41) is 2.07. The van der Waals surface area contributed by atoms with Crippen LogP contribution >= 0.6 is 11.3 Å². The van der Waals surface area contributed by atoms with E-state index in [0.717, 1.165) is 18.4 Å². The highest BCUT2D eigenvalue weighted by Gasteiger charge is 2.18. The number of thiophene rings is 1. The van der Waals surface area contributed by atoms with Crippen molar-refractivity contribution in [3.63, 3.8) is 0 Å². The van der Waals surface area contributed by atoms with E-state index in [1.165, 1.54) is 10.4 Å². The van der Waals surface area contributed by atoms with Crippen molar-refractivity contribution >= 4 is 22.9 Å². The molecule has 1 aliphatic carbocycles. The van der Waals surface area contributed by atoms with Crippen molar-refractivity contribution in [3.8, 4) is 0 Å². The molecule has 0 aromatic carbocycles. The summed E-state index contributed by atoms with van der Waals surface area (Å²) < 4.78 is 4.88. The standard InChI is InChI=1S/C11H12O2S/c1-2-13-10(12)7-9-4-3-8-5-6-14-11(8)9/h5-7H,2-4H2,1H3. The van der Waals surface area contributed by atoms with Crippen LogP contribution in [0.3, 0.4) is 0 Å². The predicted octanol–water partition coefficient (Wildman–Crippen LogP) is 2.64. The average molecular weight is 208 g/mol. The third kappa shape index (κ3) is 1.73. The van der Waals surface area contributed by atoms with Gasteiger partial charge in [0.1, 0.15) is 0 Å². The van der Waals surface area contributed by atoms with Crippen LogP contribution in [-0.2, 0) is 16.0 Å². The summed E-state index contributed by atoms with van der Waals surface area (Å²) in [5.74, 6) is -0.219. The van der Waals surface area contributed by atoms with Crippen molar-refractivity contribution in [3.05, 3.63) is 28.0 Å². The fraction of sp³-hybridized carbons (Fsp3) is 0.364. The molecule has 0 bridgehead atoms. The molecule has 0 unspecified atom stereocenters. The number of esters is 1. The Morgan fingerprint density at radius 3 is 3.29 bits per heavy atom. The van der Waals surface area contributed by atoms with E-state index in [1.807, 2.05) is 6.92 Å². The monoisotopic (exact) mass is 208 g/mol. The average Bonchev–Trinajstić information content (AvgIpc) is 2.70. The first-order chi connectivity index (χ1) is 6.81. The summed E-state index contributed by atoms with van der Waals surface area (Å²) in [6.07, 6.45) is 3.66. The lowest BCUT2D eigenvalue weighted by Gasteiger charge is -1.98. The van der Waals surface area contributed by atoms with E-state index in [-0.39, 0.29) is 5.97 Å². The van der Waals surface area contributed by atoms with Crippen LogP contribution in [0.2, 0.25) is 0 Å². The molecule has 3 heteroatoms. The second-order valence-electron chi connectivity index (χ2n) is 3.20. The van der Waals surface area contributed by atoms with Gasteiger partial charge in [0.15, 0.2) is 0 Å². The molecular formula is C11H12O2S. The molecule has 0 atom stereocenters. The van der Waals surface area contributed by atoms with Crippen molar-refractivity contribution in [1.29, 1.82) is 0 Å². The molecule has 14 heavy (non-hydrogen) atoms. The Balaban J connectivity index is 2.18. The Morgan fingerprint density at radius 1 is 1.64 bits per heavy atom. The van der Waals surface area contributed by atoms with Gasteiger partial charge in [0.2, 0.25) is 0 Å². The van der Waals surface area contributed by atoms with E-state index >= 15 is 0 Å². The summed E-state index contributed by atoms with van der Waals surface area (Å²) in [6.45, 7) is 2.27. The molecule has 1 aromatic heterocycles. The molecule has 1 aromatic rings. The van der Waals surface area contributed by atoms with Crippen molar-refractivity contribution in [1.82, 2.24) is 0 Å². The van der Waals surface area contributed by atoms with Gasteiger partial charge in [-0.1, -0.05) is 0 Å². The second-order valence-corrected chi connectivity index (χ2v) is 4.11. The second kappa shape index (κ2) is 3.96. The SMILES string of the molecule is CCOC(=O)C=C1CCc2ccsc21. The molecule has 0 saturated carbocycles. The zero-order chi connectivity index (χ0) is 9.97. The largest absolute Gasteiger partial charge is 0.463 e. The van der Waals surface area contributed by atoms with Crippen LogP contribution in [0.15, 0.2) is 17.5 Å². The van der Waals surface area contributed by atoms with Crippen molar-refractivity contribution in [2.75, 3.05) is 6.61 Å². The molecule has 0 spiro atoms. The van der Waals surface area contributed by atoms with Gasteiger partial charge in [0.05, 0.1) is 6.61 Å². The van der Waals surface area contributed by atoms with Gasteiger partial charge < -0.3 is 4.74 Å². The topological polar surface area (TPSA) is 26.3 Å². The van der Waals surface area contributed by atoms with Crippen molar-refractivity contribution < 1.29 is 9.53 Å². The van der Waals surface area contributed by atoms with Gasteiger partial charge in [-0.15, -0.1) is 11.3 Å². The van der Waals surface area contributed by atoms with E-state index < -0.39 is 0 Å². The number of hydrogen-bond donors (Lipinski definition) is 0. The summed E-state index contributed by atoms with van der Waals surface area (Å²) in [4.78, 5) is 12.5. The summed E-state index contributed by atoms with van der Waals surface area (Å²) in [5.41, 5.74) is 2.50. The number of carbonyl (C=O) groups is 1. The maximum absolute atomic E-state index is 11.2. The minimum Gasteiger partial charge on any atom is -0.463 e. The number of rotatable bonds is 2. The molecule has 74 valence electrons. The molecule has 0 saturated heterocycles. The number of fused-ring (bicyclic) bond motifs is 1. The minimum absolute atomic E-state index is 0.219. The van der Waals surface area contributed by atoms with E-state index in [1.54, 1.807) is 17.4 Å². The Morgan fingerprint density at radius 2 is 2.50 bits per heavy atom.